The van der Waals surface area contributed by atoms with E-state index in [1.54, 1.807) is 12.1 Å². The van der Waals surface area contributed by atoms with Crippen LogP contribution in [0.1, 0.15) is 15.9 Å². The van der Waals surface area contributed by atoms with E-state index in [4.69, 9.17) is 10.5 Å². The van der Waals surface area contributed by atoms with Gasteiger partial charge in [-0.3, -0.25) is 4.79 Å². The van der Waals surface area contributed by atoms with Gasteiger partial charge < -0.3 is 15.8 Å². The smallest absolute Gasteiger partial charge is 0.251 e. The third-order valence-corrected chi connectivity index (χ3v) is 2.51. The molecule has 1 saturated heterocycles. The van der Waals surface area contributed by atoms with Crippen molar-refractivity contribution in [3.63, 3.8) is 0 Å². The molecule has 0 aromatic heterocycles. The van der Waals surface area contributed by atoms with Crippen molar-refractivity contribution >= 4 is 11.6 Å². The van der Waals surface area contributed by atoms with Crippen molar-refractivity contribution < 1.29 is 9.53 Å². The van der Waals surface area contributed by atoms with Crippen molar-refractivity contribution in [1.29, 1.82) is 0 Å². The van der Waals surface area contributed by atoms with Gasteiger partial charge in [-0.15, -0.1) is 0 Å². The number of aryl methyl sites for hydroxylation is 1. The van der Waals surface area contributed by atoms with Crippen molar-refractivity contribution in [3.8, 4) is 0 Å². The lowest BCUT2D eigenvalue weighted by molar-refractivity contribution is -0.00346. The highest BCUT2D eigenvalue weighted by atomic mass is 16.5. The third kappa shape index (κ3) is 2.10. The molecule has 0 radical (unpaired) electrons. The molecule has 0 bridgehead atoms. The molecule has 4 nitrogen and oxygen atoms in total. The Morgan fingerprint density at radius 2 is 2.27 bits per heavy atom. The molecular weight excluding hydrogens is 192 g/mol. The van der Waals surface area contributed by atoms with Crippen LogP contribution in [0.2, 0.25) is 0 Å². The van der Waals surface area contributed by atoms with Crippen LogP contribution >= 0.6 is 0 Å². The summed E-state index contributed by atoms with van der Waals surface area (Å²) in [6, 6.07) is 5.48. The van der Waals surface area contributed by atoms with Crippen molar-refractivity contribution in [2.45, 2.75) is 13.0 Å². The van der Waals surface area contributed by atoms with Gasteiger partial charge in [0.15, 0.2) is 0 Å². The van der Waals surface area contributed by atoms with Crippen LogP contribution in [0.3, 0.4) is 0 Å². The van der Waals surface area contributed by atoms with Crippen molar-refractivity contribution in [2.24, 2.45) is 0 Å². The normalized spacial score (nSPS) is 15.8. The summed E-state index contributed by atoms with van der Waals surface area (Å²) in [6.45, 7) is 3.12. The first kappa shape index (κ1) is 9.98. The van der Waals surface area contributed by atoms with E-state index < -0.39 is 0 Å². The minimum absolute atomic E-state index is 0.0880. The van der Waals surface area contributed by atoms with E-state index in [1.165, 1.54) is 0 Å². The third-order valence-electron chi connectivity index (χ3n) is 2.51. The lowest BCUT2D eigenvalue weighted by atomic mass is 10.1. The summed E-state index contributed by atoms with van der Waals surface area (Å²) in [7, 11) is 0. The standard InChI is InChI=1S/C11H14N2O2/c1-7-2-3-8(4-10(7)12)11(14)13-9-5-15-6-9/h2-4,9H,5-6,12H2,1H3,(H,13,14). The van der Waals surface area contributed by atoms with Gasteiger partial charge in [0.1, 0.15) is 0 Å². The molecule has 15 heavy (non-hydrogen) atoms. The number of hydrogen-bond acceptors (Lipinski definition) is 3. The van der Waals surface area contributed by atoms with Crippen LogP contribution < -0.4 is 11.1 Å². The average Bonchev–Trinajstić information content (AvgIpc) is 2.15. The zero-order valence-corrected chi connectivity index (χ0v) is 8.62. The second-order valence-corrected chi connectivity index (χ2v) is 3.78. The highest BCUT2D eigenvalue weighted by molar-refractivity contribution is 5.95. The van der Waals surface area contributed by atoms with E-state index >= 15 is 0 Å². The minimum atomic E-state index is -0.0880. The number of rotatable bonds is 2. The number of nitrogen functional groups attached to an aromatic ring is 1. The number of nitrogens with one attached hydrogen (secondary N) is 1. The largest absolute Gasteiger partial charge is 0.398 e. The number of amides is 1. The van der Waals surface area contributed by atoms with E-state index in [9.17, 15) is 4.79 Å². The highest BCUT2D eigenvalue weighted by Crippen LogP contribution is 2.13. The Kier molecular flexibility index (Phi) is 2.60. The molecule has 0 spiro atoms. The maximum Gasteiger partial charge on any atom is 0.251 e. The summed E-state index contributed by atoms with van der Waals surface area (Å²) >= 11 is 0. The number of hydrogen-bond donors (Lipinski definition) is 2. The Hall–Kier alpha value is -1.55. The molecular formula is C11H14N2O2. The van der Waals surface area contributed by atoms with Gasteiger partial charge in [0.2, 0.25) is 0 Å². The van der Waals surface area contributed by atoms with Crippen molar-refractivity contribution in [2.75, 3.05) is 18.9 Å². The Morgan fingerprint density at radius 1 is 1.53 bits per heavy atom. The summed E-state index contributed by atoms with van der Waals surface area (Å²) in [5.41, 5.74) is 7.96. The molecule has 0 saturated carbocycles. The molecule has 1 amide bonds. The second-order valence-electron chi connectivity index (χ2n) is 3.78. The lowest BCUT2D eigenvalue weighted by Gasteiger charge is -2.26. The maximum absolute atomic E-state index is 11.7. The van der Waals surface area contributed by atoms with Crippen molar-refractivity contribution in [1.82, 2.24) is 5.32 Å². The Morgan fingerprint density at radius 3 is 2.80 bits per heavy atom. The zero-order chi connectivity index (χ0) is 10.8. The molecule has 1 aromatic rings. The van der Waals surface area contributed by atoms with Gasteiger partial charge in [-0.25, -0.2) is 0 Å². The molecule has 0 atom stereocenters. The van der Waals surface area contributed by atoms with Crippen molar-refractivity contribution in [3.05, 3.63) is 29.3 Å². The Bertz CT molecular complexity index is 386. The van der Waals surface area contributed by atoms with Gasteiger partial charge in [-0.1, -0.05) is 6.07 Å². The van der Waals surface area contributed by atoms with E-state index in [1.807, 2.05) is 13.0 Å². The first-order chi connectivity index (χ1) is 7.16. The molecule has 1 heterocycles. The van der Waals surface area contributed by atoms with E-state index in [-0.39, 0.29) is 11.9 Å². The quantitative estimate of drug-likeness (QED) is 0.700. The predicted octanol–water partition coefficient (Wildman–Crippen LogP) is 0.706. The highest BCUT2D eigenvalue weighted by Gasteiger charge is 2.20. The van der Waals surface area contributed by atoms with Crippen LogP contribution in [0.25, 0.3) is 0 Å². The molecule has 1 aliphatic rings. The van der Waals surface area contributed by atoms with Gasteiger partial charge in [0.25, 0.3) is 5.91 Å². The fourth-order valence-electron chi connectivity index (χ4n) is 1.37. The molecule has 4 heteroatoms. The topological polar surface area (TPSA) is 64.3 Å². The van der Waals surface area contributed by atoms with Crippen LogP contribution in [0, 0.1) is 6.92 Å². The molecule has 1 aliphatic heterocycles. The Labute approximate surface area is 88.4 Å². The van der Waals surface area contributed by atoms with Gasteiger partial charge in [0, 0.05) is 11.3 Å². The molecule has 0 unspecified atom stereocenters. The summed E-state index contributed by atoms with van der Waals surface area (Å²) < 4.78 is 4.98. The molecule has 1 aromatic carbocycles. The molecule has 1 fully saturated rings. The molecule has 0 aliphatic carbocycles. The maximum atomic E-state index is 11.7. The molecule has 2 rings (SSSR count). The number of benzene rings is 1. The summed E-state index contributed by atoms with van der Waals surface area (Å²) in [5, 5.41) is 2.86. The van der Waals surface area contributed by atoms with Crippen LogP contribution in [-0.4, -0.2) is 25.2 Å². The number of anilines is 1. The van der Waals surface area contributed by atoms with E-state index in [2.05, 4.69) is 5.32 Å². The summed E-state index contributed by atoms with van der Waals surface area (Å²) in [4.78, 5) is 11.7. The van der Waals surface area contributed by atoms with Crippen LogP contribution in [0.5, 0.6) is 0 Å². The SMILES string of the molecule is Cc1ccc(C(=O)NC2COC2)cc1N. The fraction of sp³-hybridized carbons (Fsp3) is 0.364. The van der Waals surface area contributed by atoms with Crippen LogP contribution in [-0.2, 0) is 4.74 Å². The van der Waals surface area contributed by atoms with Crippen LogP contribution in [0.15, 0.2) is 18.2 Å². The first-order valence-corrected chi connectivity index (χ1v) is 4.91. The number of carbonyl (C=O) groups excluding carboxylic acids is 1. The zero-order valence-electron chi connectivity index (χ0n) is 8.62. The van der Waals surface area contributed by atoms with E-state index in [0.717, 1.165) is 5.56 Å². The monoisotopic (exact) mass is 206 g/mol. The average molecular weight is 206 g/mol. The number of carbonyl (C=O) groups is 1. The molecule has 3 N–H and O–H groups in total. The van der Waals surface area contributed by atoms with Gasteiger partial charge in [-0.05, 0) is 24.6 Å². The van der Waals surface area contributed by atoms with Crippen LogP contribution in [0.4, 0.5) is 5.69 Å². The van der Waals surface area contributed by atoms with E-state index in [0.29, 0.717) is 24.5 Å². The minimum Gasteiger partial charge on any atom is -0.398 e. The fourth-order valence-corrected chi connectivity index (χ4v) is 1.37. The van der Waals surface area contributed by atoms with Gasteiger partial charge in [0.05, 0.1) is 19.3 Å². The summed E-state index contributed by atoms with van der Waals surface area (Å²) in [5.74, 6) is -0.0880. The predicted molar refractivity (Wildman–Crippen MR) is 57.7 cm³/mol. The van der Waals surface area contributed by atoms with Gasteiger partial charge >= 0.3 is 0 Å². The Balaban J connectivity index is 2.07. The van der Waals surface area contributed by atoms with Gasteiger partial charge in [-0.2, -0.15) is 0 Å². The first-order valence-electron chi connectivity index (χ1n) is 4.91. The number of ether oxygens (including phenoxy) is 1. The lowest BCUT2D eigenvalue weighted by Crippen LogP contribution is -2.48. The summed E-state index contributed by atoms with van der Waals surface area (Å²) in [6.07, 6.45) is 0. The molecule has 80 valence electrons. The second kappa shape index (κ2) is 3.90. The number of nitrogens with two attached hydrogens (primary N) is 1.